The number of anilines is 2. The molecule has 0 amide bonds. The van der Waals surface area contributed by atoms with Gasteiger partial charge in [0, 0.05) is 11.4 Å². The van der Waals surface area contributed by atoms with E-state index < -0.39 is 0 Å². The highest BCUT2D eigenvalue weighted by Crippen LogP contribution is 2.30. The van der Waals surface area contributed by atoms with Crippen molar-refractivity contribution in [2.24, 2.45) is 0 Å². The molecule has 4 heteroatoms. The number of hydrogen-bond donors (Lipinski definition) is 3. The number of rotatable bonds is 6. The Hall–Kier alpha value is -2.51. The summed E-state index contributed by atoms with van der Waals surface area (Å²) in [6.45, 7) is 8.68. The molecule has 0 fully saturated rings. The van der Waals surface area contributed by atoms with Crippen LogP contribution in [0.2, 0.25) is 0 Å². The first-order valence-electron chi connectivity index (χ1n) is 9.48. The van der Waals surface area contributed by atoms with Gasteiger partial charge in [0.05, 0.1) is 11.1 Å². The number of phenolic OH excluding ortho intramolecular Hbond substituents is 1. The van der Waals surface area contributed by atoms with E-state index in [1.54, 1.807) is 12.1 Å². The maximum absolute atomic E-state index is 9.46. The lowest BCUT2D eigenvalue weighted by molar-refractivity contribution is 0.475. The summed E-state index contributed by atoms with van der Waals surface area (Å²) in [5.74, 6) is 0.272. The average molecular weight is 392 g/mol. The van der Waals surface area contributed by atoms with Crippen molar-refractivity contribution in [3.05, 3.63) is 83.9 Å². The van der Waals surface area contributed by atoms with E-state index in [1.165, 1.54) is 16.4 Å². The summed E-state index contributed by atoms with van der Waals surface area (Å²) in [6.07, 6.45) is 0. The summed E-state index contributed by atoms with van der Waals surface area (Å²) in [4.78, 5) is 0. The molecule has 0 aliphatic rings. The van der Waals surface area contributed by atoms with Crippen LogP contribution >= 0.6 is 9.24 Å². The van der Waals surface area contributed by atoms with E-state index in [1.807, 2.05) is 12.1 Å². The molecular weight excluding hydrogens is 363 g/mol. The standard InChI is InChI=1S/C24H29N2OP/c1-23(2,26-20-11-13-21(27)14-12-20)17-5-9-19(10-6-17)25-24(3,4)18-7-15-22(28)16-8-18/h5-16,25-27H,28H2,1-4H3. The molecule has 0 aliphatic heterocycles. The van der Waals surface area contributed by atoms with E-state index in [-0.39, 0.29) is 16.8 Å². The number of hydrogen-bond acceptors (Lipinski definition) is 3. The summed E-state index contributed by atoms with van der Waals surface area (Å²) in [5.41, 5.74) is 4.10. The Morgan fingerprint density at radius 2 is 0.964 bits per heavy atom. The Kier molecular flexibility index (Phi) is 5.67. The van der Waals surface area contributed by atoms with E-state index in [2.05, 4.69) is 96.1 Å². The molecule has 146 valence electrons. The van der Waals surface area contributed by atoms with Gasteiger partial charge in [-0.3, -0.25) is 0 Å². The first-order valence-corrected chi connectivity index (χ1v) is 10.1. The highest BCUT2D eigenvalue weighted by molar-refractivity contribution is 7.27. The Balaban J connectivity index is 1.73. The molecule has 0 aromatic heterocycles. The van der Waals surface area contributed by atoms with E-state index in [0.717, 1.165) is 11.4 Å². The summed E-state index contributed by atoms with van der Waals surface area (Å²) in [5, 5.41) is 17.8. The minimum atomic E-state index is -0.236. The molecule has 1 unspecified atom stereocenters. The van der Waals surface area contributed by atoms with Crippen LogP contribution in [0.3, 0.4) is 0 Å². The molecule has 0 spiro atoms. The van der Waals surface area contributed by atoms with Gasteiger partial charge in [-0.15, -0.1) is 9.24 Å². The zero-order chi connectivity index (χ0) is 20.4. The van der Waals surface area contributed by atoms with Crippen LogP contribution in [-0.2, 0) is 11.1 Å². The monoisotopic (exact) mass is 392 g/mol. The van der Waals surface area contributed by atoms with Crippen LogP contribution in [0.5, 0.6) is 5.75 Å². The topological polar surface area (TPSA) is 44.3 Å². The van der Waals surface area contributed by atoms with Gasteiger partial charge in [-0.05, 0) is 80.5 Å². The van der Waals surface area contributed by atoms with Gasteiger partial charge in [-0.25, -0.2) is 0 Å². The number of phenols is 1. The van der Waals surface area contributed by atoms with Crippen LogP contribution in [0.1, 0.15) is 38.8 Å². The van der Waals surface area contributed by atoms with Crippen LogP contribution in [0.25, 0.3) is 0 Å². The Labute approximate surface area is 170 Å². The quantitative estimate of drug-likeness (QED) is 0.379. The molecule has 28 heavy (non-hydrogen) atoms. The lowest BCUT2D eigenvalue weighted by atomic mass is 9.92. The maximum Gasteiger partial charge on any atom is 0.115 e. The molecule has 0 bridgehead atoms. The first kappa shape index (κ1) is 20.2. The van der Waals surface area contributed by atoms with Crippen LogP contribution in [-0.4, -0.2) is 5.11 Å². The second kappa shape index (κ2) is 7.85. The van der Waals surface area contributed by atoms with Crippen molar-refractivity contribution in [3.8, 4) is 5.75 Å². The summed E-state index contributed by atoms with van der Waals surface area (Å²) >= 11 is 0. The van der Waals surface area contributed by atoms with Gasteiger partial charge in [-0.1, -0.05) is 36.4 Å². The maximum atomic E-state index is 9.46. The zero-order valence-corrected chi connectivity index (χ0v) is 18.1. The Morgan fingerprint density at radius 3 is 1.39 bits per heavy atom. The van der Waals surface area contributed by atoms with Crippen molar-refractivity contribution in [2.75, 3.05) is 10.6 Å². The zero-order valence-electron chi connectivity index (χ0n) is 17.0. The minimum Gasteiger partial charge on any atom is -0.508 e. The van der Waals surface area contributed by atoms with Gasteiger partial charge < -0.3 is 15.7 Å². The van der Waals surface area contributed by atoms with E-state index >= 15 is 0 Å². The van der Waals surface area contributed by atoms with Gasteiger partial charge in [0.2, 0.25) is 0 Å². The largest absolute Gasteiger partial charge is 0.508 e. The highest BCUT2D eigenvalue weighted by atomic mass is 31.0. The van der Waals surface area contributed by atoms with Crippen LogP contribution in [0.15, 0.2) is 72.8 Å². The predicted molar refractivity (Wildman–Crippen MR) is 124 cm³/mol. The molecular formula is C24H29N2OP. The number of benzene rings is 3. The molecule has 3 N–H and O–H groups in total. The summed E-state index contributed by atoms with van der Waals surface area (Å²) in [6, 6.07) is 24.3. The van der Waals surface area contributed by atoms with Crippen LogP contribution < -0.4 is 15.9 Å². The van der Waals surface area contributed by atoms with Gasteiger partial charge in [-0.2, -0.15) is 0 Å². The summed E-state index contributed by atoms with van der Waals surface area (Å²) < 4.78 is 0. The van der Waals surface area contributed by atoms with E-state index in [4.69, 9.17) is 0 Å². The smallest absolute Gasteiger partial charge is 0.115 e. The van der Waals surface area contributed by atoms with Crippen molar-refractivity contribution in [3.63, 3.8) is 0 Å². The van der Waals surface area contributed by atoms with Gasteiger partial charge >= 0.3 is 0 Å². The predicted octanol–water partition coefficient (Wildman–Crippen LogP) is 5.59. The van der Waals surface area contributed by atoms with E-state index in [0.29, 0.717) is 0 Å². The molecule has 0 saturated heterocycles. The molecule has 3 rings (SSSR count). The van der Waals surface area contributed by atoms with Crippen molar-refractivity contribution < 1.29 is 5.11 Å². The normalized spacial score (nSPS) is 11.9. The fourth-order valence-electron chi connectivity index (χ4n) is 3.28. The fraction of sp³-hybridized carbons (Fsp3) is 0.250. The van der Waals surface area contributed by atoms with Crippen molar-refractivity contribution in [1.29, 1.82) is 0 Å². The third kappa shape index (κ3) is 4.85. The number of nitrogens with one attached hydrogen (secondary N) is 2. The second-order valence-electron chi connectivity index (χ2n) is 8.25. The molecule has 3 nitrogen and oxygen atoms in total. The molecule has 1 atom stereocenters. The fourth-order valence-corrected chi connectivity index (χ4v) is 3.47. The third-order valence-corrected chi connectivity index (χ3v) is 5.40. The van der Waals surface area contributed by atoms with Crippen LogP contribution in [0, 0.1) is 0 Å². The van der Waals surface area contributed by atoms with E-state index in [9.17, 15) is 5.11 Å². The molecule has 0 radical (unpaired) electrons. The SMILES string of the molecule is CC(C)(Nc1ccc(C(C)(C)Nc2ccc(O)cc2)cc1)c1ccc(P)cc1. The molecule has 0 aliphatic carbocycles. The lowest BCUT2D eigenvalue weighted by Crippen LogP contribution is -2.29. The summed E-state index contributed by atoms with van der Waals surface area (Å²) in [7, 11) is 2.72. The molecule has 0 saturated carbocycles. The second-order valence-corrected chi connectivity index (χ2v) is 8.91. The van der Waals surface area contributed by atoms with Gasteiger partial charge in [0.15, 0.2) is 0 Å². The third-order valence-electron chi connectivity index (χ3n) is 5.02. The molecule has 3 aromatic carbocycles. The Morgan fingerprint density at radius 1 is 0.607 bits per heavy atom. The minimum absolute atomic E-state index is 0.167. The lowest BCUT2D eigenvalue weighted by Gasteiger charge is -2.30. The van der Waals surface area contributed by atoms with Crippen molar-refractivity contribution in [2.45, 2.75) is 38.8 Å². The van der Waals surface area contributed by atoms with Gasteiger partial charge in [0.25, 0.3) is 0 Å². The highest BCUT2D eigenvalue weighted by Gasteiger charge is 2.22. The van der Waals surface area contributed by atoms with Crippen LogP contribution in [0.4, 0.5) is 11.4 Å². The molecule has 0 heterocycles. The van der Waals surface area contributed by atoms with Crippen molar-refractivity contribution >= 4 is 25.9 Å². The first-order chi connectivity index (χ1) is 13.2. The Bertz CT molecular complexity index is 914. The number of aromatic hydroxyl groups is 1. The van der Waals surface area contributed by atoms with Gasteiger partial charge in [0.1, 0.15) is 5.75 Å². The average Bonchev–Trinajstić information content (AvgIpc) is 2.64. The van der Waals surface area contributed by atoms with Crippen molar-refractivity contribution in [1.82, 2.24) is 0 Å². The molecule has 3 aromatic rings.